The molecule has 0 N–H and O–H groups in total. The van der Waals surface area contributed by atoms with E-state index >= 15 is 0 Å². The molecule has 0 fully saturated rings. The van der Waals surface area contributed by atoms with E-state index in [1.54, 1.807) is 4.68 Å². The molecule has 6 heteroatoms. The lowest BCUT2D eigenvalue weighted by molar-refractivity contribution is -0.137. The number of hydrogen-bond donors (Lipinski definition) is 0. The predicted molar refractivity (Wildman–Crippen MR) is 97.3 cm³/mol. The first-order valence-electron chi connectivity index (χ1n) is 8.37. The summed E-state index contributed by atoms with van der Waals surface area (Å²) in [5.74, 6) is 0.319. The number of esters is 1. The third kappa shape index (κ3) is 8.82. The molecule has 0 bridgehead atoms. The second kappa shape index (κ2) is 11.0. The van der Waals surface area contributed by atoms with Gasteiger partial charge in [0.2, 0.25) is 0 Å². The Hall–Kier alpha value is -1.69. The highest BCUT2D eigenvalue weighted by Crippen LogP contribution is 2.14. The molecule has 1 atom stereocenters. The fourth-order valence-electron chi connectivity index (χ4n) is 2.25. The van der Waals surface area contributed by atoms with Crippen LogP contribution in [0, 0.1) is 12.8 Å². The van der Waals surface area contributed by atoms with Crippen molar-refractivity contribution in [2.24, 2.45) is 5.92 Å². The van der Waals surface area contributed by atoms with E-state index in [1.165, 1.54) is 14.0 Å². The summed E-state index contributed by atoms with van der Waals surface area (Å²) in [6.45, 7) is 10.6. The van der Waals surface area contributed by atoms with Gasteiger partial charge >= 0.3 is 5.97 Å². The number of methoxy groups -OCH3 is 1. The molecule has 1 unspecified atom stereocenters. The largest absolute Gasteiger partial charge is 0.469 e. The van der Waals surface area contributed by atoms with Crippen molar-refractivity contribution < 1.29 is 9.53 Å². The van der Waals surface area contributed by atoms with Crippen LogP contribution >= 0.6 is 0 Å². The van der Waals surface area contributed by atoms with E-state index < -0.39 is 0 Å². The molecule has 1 heterocycles. The predicted octanol–water partition coefficient (Wildman–Crippen LogP) is 2.44. The standard InChI is InChI=1S/C15H27N3O.C3H6O2/c1-11(2)9-13(4)18-15(19)12(3)10-14(16-18)7-8-17(5)6;1-3(4)5-2/h10-11,13H,7-9H2,1-6H3;1-2H3. The van der Waals surface area contributed by atoms with E-state index in [2.05, 4.69) is 35.5 Å². The molecule has 6 nitrogen and oxygen atoms in total. The number of carbonyl (C=O) groups excluding carboxylic acids is 1. The lowest BCUT2D eigenvalue weighted by atomic mass is 10.1. The van der Waals surface area contributed by atoms with Crippen LogP contribution < -0.4 is 5.56 Å². The van der Waals surface area contributed by atoms with Crippen LogP contribution in [0.5, 0.6) is 0 Å². The highest BCUT2D eigenvalue weighted by Gasteiger charge is 2.13. The third-order valence-electron chi connectivity index (χ3n) is 3.50. The number of ether oxygens (including phenoxy) is 1. The average molecular weight is 339 g/mol. The fourth-order valence-corrected chi connectivity index (χ4v) is 2.25. The molecule has 0 aliphatic carbocycles. The molecule has 1 rings (SSSR count). The molecular formula is C18H33N3O3. The Morgan fingerprint density at radius 1 is 1.33 bits per heavy atom. The molecule has 24 heavy (non-hydrogen) atoms. The maximum Gasteiger partial charge on any atom is 0.302 e. The van der Waals surface area contributed by atoms with Crippen molar-refractivity contribution in [1.29, 1.82) is 0 Å². The molecule has 0 aromatic carbocycles. The van der Waals surface area contributed by atoms with Crippen LogP contribution in [-0.2, 0) is 16.0 Å². The van der Waals surface area contributed by atoms with Crippen LogP contribution in [0.2, 0.25) is 0 Å². The second-order valence-electron chi connectivity index (χ2n) is 6.80. The molecule has 0 saturated heterocycles. The molecule has 0 saturated carbocycles. The van der Waals surface area contributed by atoms with E-state index in [0.29, 0.717) is 5.92 Å². The van der Waals surface area contributed by atoms with E-state index in [9.17, 15) is 9.59 Å². The monoisotopic (exact) mass is 339 g/mol. The summed E-state index contributed by atoms with van der Waals surface area (Å²) < 4.78 is 5.78. The zero-order chi connectivity index (χ0) is 18.9. The Labute approximate surface area is 145 Å². The number of hydrogen-bond acceptors (Lipinski definition) is 5. The van der Waals surface area contributed by atoms with Crippen molar-refractivity contribution in [1.82, 2.24) is 14.7 Å². The molecule has 0 amide bonds. The summed E-state index contributed by atoms with van der Waals surface area (Å²) >= 11 is 0. The van der Waals surface area contributed by atoms with E-state index in [4.69, 9.17) is 0 Å². The van der Waals surface area contributed by atoms with Crippen molar-refractivity contribution in [2.45, 2.75) is 53.5 Å². The van der Waals surface area contributed by atoms with Gasteiger partial charge in [-0.3, -0.25) is 9.59 Å². The van der Waals surface area contributed by atoms with Gasteiger partial charge in [0.15, 0.2) is 0 Å². The number of likely N-dealkylation sites (N-methyl/N-ethyl adjacent to an activating group) is 1. The van der Waals surface area contributed by atoms with Crippen LogP contribution in [0.25, 0.3) is 0 Å². The van der Waals surface area contributed by atoms with Crippen LogP contribution in [-0.4, -0.2) is 48.4 Å². The molecule has 0 aliphatic rings. The summed E-state index contributed by atoms with van der Waals surface area (Å²) in [4.78, 5) is 23.9. The molecule has 138 valence electrons. The topological polar surface area (TPSA) is 64.4 Å². The average Bonchev–Trinajstić information content (AvgIpc) is 2.47. The van der Waals surface area contributed by atoms with Gasteiger partial charge in [0.05, 0.1) is 18.8 Å². The minimum atomic E-state index is -0.245. The first kappa shape index (κ1) is 22.3. The zero-order valence-electron chi connectivity index (χ0n) is 16.4. The van der Waals surface area contributed by atoms with Gasteiger partial charge in [0.25, 0.3) is 5.56 Å². The quantitative estimate of drug-likeness (QED) is 0.745. The molecule has 1 aromatic rings. The summed E-state index contributed by atoms with van der Waals surface area (Å²) in [7, 11) is 5.44. The number of rotatable bonds is 6. The van der Waals surface area contributed by atoms with Gasteiger partial charge in [0.1, 0.15) is 0 Å². The number of nitrogens with zero attached hydrogens (tertiary/aromatic N) is 3. The summed E-state index contributed by atoms with van der Waals surface area (Å²) in [5.41, 5.74) is 1.84. The second-order valence-corrected chi connectivity index (χ2v) is 6.80. The van der Waals surface area contributed by atoms with Gasteiger partial charge in [-0.2, -0.15) is 5.10 Å². The van der Waals surface area contributed by atoms with Crippen molar-refractivity contribution in [3.05, 3.63) is 27.7 Å². The highest BCUT2D eigenvalue weighted by atomic mass is 16.5. The van der Waals surface area contributed by atoms with Crippen molar-refractivity contribution in [2.75, 3.05) is 27.7 Å². The van der Waals surface area contributed by atoms with Crippen molar-refractivity contribution in [3.8, 4) is 0 Å². The third-order valence-corrected chi connectivity index (χ3v) is 3.50. The summed E-state index contributed by atoms with van der Waals surface area (Å²) in [6.07, 6.45) is 1.85. The van der Waals surface area contributed by atoms with Crippen LogP contribution in [0.3, 0.4) is 0 Å². The van der Waals surface area contributed by atoms with Gasteiger partial charge < -0.3 is 9.64 Å². The summed E-state index contributed by atoms with van der Waals surface area (Å²) in [5, 5.41) is 4.54. The molecule has 1 aromatic heterocycles. The number of aryl methyl sites for hydroxylation is 1. The van der Waals surface area contributed by atoms with Crippen LogP contribution in [0.1, 0.15) is 51.4 Å². The number of carbonyl (C=O) groups is 1. The molecule has 0 radical (unpaired) electrons. The van der Waals surface area contributed by atoms with Gasteiger partial charge in [-0.1, -0.05) is 13.8 Å². The summed E-state index contributed by atoms with van der Waals surface area (Å²) in [6, 6.07) is 2.08. The smallest absolute Gasteiger partial charge is 0.302 e. The zero-order valence-corrected chi connectivity index (χ0v) is 16.4. The Bertz CT molecular complexity index is 565. The van der Waals surface area contributed by atoms with Gasteiger partial charge in [-0.05, 0) is 46.3 Å². The van der Waals surface area contributed by atoms with Crippen molar-refractivity contribution in [3.63, 3.8) is 0 Å². The Kier molecular flexibility index (Phi) is 10.2. The minimum absolute atomic E-state index is 0.0433. The fraction of sp³-hybridized carbons (Fsp3) is 0.722. The maximum absolute atomic E-state index is 12.2. The Balaban J connectivity index is 0.000000922. The highest BCUT2D eigenvalue weighted by molar-refractivity contribution is 5.65. The van der Waals surface area contributed by atoms with Crippen LogP contribution in [0.4, 0.5) is 0 Å². The maximum atomic E-state index is 12.2. The first-order chi connectivity index (χ1) is 11.1. The lowest BCUT2D eigenvalue weighted by Crippen LogP contribution is -2.30. The normalized spacial score (nSPS) is 11.9. The molecule has 0 aliphatic heterocycles. The lowest BCUT2D eigenvalue weighted by Gasteiger charge is -2.18. The first-order valence-corrected chi connectivity index (χ1v) is 8.37. The van der Waals surface area contributed by atoms with E-state index in [0.717, 1.165) is 30.6 Å². The molecule has 0 spiro atoms. The van der Waals surface area contributed by atoms with Crippen LogP contribution in [0.15, 0.2) is 10.9 Å². The number of aromatic nitrogens is 2. The van der Waals surface area contributed by atoms with Crippen molar-refractivity contribution >= 4 is 5.97 Å². The Morgan fingerprint density at radius 2 is 1.88 bits per heavy atom. The van der Waals surface area contributed by atoms with Gasteiger partial charge in [-0.25, -0.2) is 4.68 Å². The SMILES string of the molecule is COC(C)=O.Cc1cc(CCN(C)C)nn(C(C)CC(C)C)c1=O. The van der Waals surface area contributed by atoms with Gasteiger partial charge in [0, 0.05) is 25.5 Å². The van der Waals surface area contributed by atoms with E-state index in [1.807, 2.05) is 27.1 Å². The minimum Gasteiger partial charge on any atom is -0.469 e. The Morgan fingerprint density at radius 3 is 2.29 bits per heavy atom. The van der Waals surface area contributed by atoms with E-state index in [-0.39, 0.29) is 17.6 Å². The molecular weight excluding hydrogens is 306 g/mol. The van der Waals surface area contributed by atoms with Gasteiger partial charge in [-0.15, -0.1) is 0 Å².